The van der Waals surface area contributed by atoms with Gasteiger partial charge in [-0.1, -0.05) is 316 Å². The molecule has 0 aromatic rings. The average Bonchev–Trinajstić information content (AvgIpc) is 3.57. The molecule has 0 fully saturated rings. The van der Waals surface area contributed by atoms with Crippen LogP contribution >= 0.6 is 7.82 Å². The van der Waals surface area contributed by atoms with Crippen LogP contribution in [0.3, 0.4) is 0 Å². The number of nitrogens with zero attached hydrogens (tertiary/aromatic N) is 1. The number of rotatable bonds is 67. The van der Waals surface area contributed by atoms with E-state index >= 15 is 0 Å². The Kier molecular flexibility index (Phi) is 65.5. The molecule has 0 saturated heterocycles. The second kappa shape index (κ2) is 68.0. The minimum absolute atomic E-state index is 0.0337. The minimum atomic E-state index is -4.65. The summed E-state index contributed by atoms with van der Waals surface area (Å²) in [7, 11) is 1.17. The Balaban J connectivity index is 4.04. The number of carbonyl (C=O) groups is 2. The highest BCUT2D eigenvalue weighted by atomic mass is 31.2. The molecule has 10 heteroatoms. The third-order valence-corrected chi connectivity index (χ3v) is 16.7. The number of unbranched alkanes of at least 4 members (excludes halogenated alkanes) is 35. The van der Waals surface area contributed by atoms with Crippen molar-refractivity contribution in [3.63, 3.8) is 0 Å². The molecule has 88 heavy (non-hydrogen) atoms. The fourth-order valence-corrected chi connectivity index (χ4v) is 10.9. The molecule has 0 aliphatic rings. The quantitative estimate of drug-likeness (QED) is 0.0195. The molecule has 0 bridgehead atoms. The van der Waals surface area contributed by atoms with Gasteiger partial charge in [0.1, 0.15) is 19.8 Å². The van der Waals surface area contributed by atoms with Gasteiger partial charge in [0.2, 0.25) is 0 Å². The number of hydrogen-bond donors (Lipinski definition) is 0. The first kappa shape index (κ1) is 84.7. The Morgan fingerprint density at radius 2 is 0.648 bits per heavy atom. The zero-order chi connectivity index (χ0) is 64.1. The van der Waals surface area contributed by atoms with Gasteiger partial charge in [-0.25, -0.2) is 0 Å². The number of esters is 2. The molecule has 0 aliphatic heterocycles. The lowest BCUT2D eigenvalue weighted by molar-refractivity contribution is -0.870. The van der Waals surface area contributed by atoms with Crippen molar-refractivity contribution >= 4 is 19.8 Å². The maximum atomic E-state index is 12.9. The van der Waals surface area contributed by atoms with Crippen molar-refractivity contribution in [2.45, 2.75) is 328 Å². The Morgan fingerprint density at radius 1 is 0.364 bits per heavy atom. The summed E-state index contributed by atoms with van der Waals surface area (Å²) in [5, 5.41) is 0. The van der Waals surface area contributed by atoms with Gasteiger partial charge >= 0.3 is 11.9 Å². The van der Waals surface area contributed by atoms with Crippen molar-refractivity contribution in [3.8, 4) is 0 Å². The van der Waals surface area contributed by atoms with Gasteiger partial charge in [0.15, 0.2) is 6.10 Å². The van der Waals surface area contributed by atoms with Crippen LogP contribution in [0.2, 0.25) is 0 Å². The van der Waals surface area contributed by atoms with Gasteiger partial charge in [-0.2, -0.15) is 0 Å². The van der Waals surface area contributed by atoms with Crippen molar-refractivity contribution in [1.29, 1.82) is 0 Å². The number of ether oxygens (including phenoxy) is 2. The van der Waals surface area contributed by atoms with Crippen LogP contribution in [0, 0.1) is 0 Å². The van der Waals surface area contributed by atoms with Crippen LogP contribution < -0.4 is 4.89 Å². The summed E-state index contributed by atoms with van der Waals surface area (Å²) < 4.78 is 34.4. The second-order valence-electron chi connectivity index (χ2n) is 25.6. The van der Waals surface area contributed by atoms with E-state index in [-0.39, 0.29) is 32.0 Å². The summed E-state index contributed by atoms with van der Waals surface area (Å²) in [6.07, 6.45) is 96.0. The number of phosphoric acid groups is 1. The van der Waals surface area contributed by atoms with E-state index in [0.717, 1.165) is 89.9 Å². The normalized spacial score (nSPS) is 13.8. The van der Waals surface area contributed by atoms with Gasteiger partial charge in [0.25, 0.3) is 7.82 Å². The molecule has 0 spiro atoms. The van der Waals surface area contributed by atoms with Crippen molar-refractivity contribution in [1.82, 2.24) is 0 Å². The largest absolute Gasteiger partial charge is 0.756 e. The molecule has 0 saturated carbocycles. The standard InChI is InChI=1S/C78H138NO8P/c1-6-8-10-12-14-16-18-20-22-24-26-28-30-32-34-36-37-38-39-40-41-43-45-47-49-51-53-55-57-59-61-63-65-67-69-71-78(81)87-76(75-86-88(82,83)85-73-72-79(3,4)5)74-84-77(80)70-68-66-64-62-60-58-56-54-52-50-48-46-44-42-35-33-31-29-27-25-23-21-19-17-15-13-11-9-7-2/h8,10,14,16,19-22,25-28,32,34,37-38,40-41,76H,6-7,9,11-13,15,17-18,23-24,29-31,33,35-36,39,42-75H2,1-5H3/b10-8-,16-14-,21-19-,22-20-,27-25-,28-26-,34-32-,38-37-,41-40-. The van der Waals surface area contributed by atoms with Crippen LogP contribution in [-0.2, 0) is 32.7 Å². The minimum Gasteiger partial charge on any atom is -0.756 e. The summed E-state index contributed by atoms with van der Waals surface area (Å²) in [5.41, 5.74) is 0. The summed E-state index contributed by atoms with van der Waals surface area (Å²) in [4.78, 5) is 38.1. The van der Waals surface area contributed by atoms with E-state index in [1.54, 1.807) is 0 Å². The number of phosphoric ester groups is 1. The number of carbonyl (C=O) groups excluding carboxylic acids is 2. The number of hydrogen-bond acceptors (Lipinski definition) is 8. The molecular formula is C78H138NO8P. The molecule has 2 atom stereocenters. The summed E-state index contributed by atoms with van der Waals surface area (Å²) in [6.45, 7) is 4.15. The Morgan fingerprint density at radius 3 is 0.966 bits per heavy atom. The van der Waals surface area contributed by atoms with Gasteiger partial charge in [-0.05, 0) is 103 Å². The SMILES string of the molecule is CC/C=C\C/C=C\C/C=C\C/C=C\C/C=C\C/C=C\C/C=C\CCCCCCCCCCCCCCCC(=O)OC(COC(=O)CCCCCCCCCCCCCCCCCCC/C=C\C/C=C\CCCCCCC)COP(=O)([O-])OCC[N+](C)(C)C. The van der Waals surface area contributed by atoms with E-state index in [9.17, 15) is 19.0 Å². The molecule has 508 valence electrons. The predicted octanol–water partition coefficient (Wildman–Crippen LogP) is 23.4. The van der Waals surface area contributed by atoms with Crippen molar-refractivity contribution in [2.75, 3.05) is 47.5 Å². The van der Waals surface area contributed by atoms with Crippen LogP contribution in [0.15, 0.2) is 109 Å². The van der Waals surface area contributed by atoms with Gasteiger partial charge in [0.05, 0.1) is 27.7 Å². The summed E-state index contributed by atoms with van der Waals surface area (Å²) in [5.74, 6) is -0.827. The van der Waals surface area contributed by atoms with E-state index in [0.29, 0.717) is 17.4 Å². The molecule has 0 aliphatic carbocycles. The average molecular weight is 1250 g/mol. The maximum Gasteiger partial charge on any atom is 0.306 e. The molecule has 0 rings (SSSR count). The van der Waals surface area contributed by atoms with Crippen molar-refractivity contribution < 1.29 is 42.1 Å². The van der Waals surface area contributed by atoms with Gasteiger partial charge in [-0.15, -0.1) is 0 Å². The molecule has 2 unspecified atom stereocenters. The third kappa shape index (κ3) is 71.7. The summed E-state index contributed by atoms with van der Waals surface area (Å²) >= 11 is 0. The van der Waals surface area contributed by atoms with Gasteiger partial charge in [0, 0.05) is 12.8 Å². The van der Waals surface area contributed by atoms with Gasteiger partial charge < -0.3 is 27.9 Å². The molecule has 0 amide bonds. The molecular weight excluding hydrogens is 1110 g/mol. The molecule has 0 heterocycles. The fraction of sp³-hybridized carbons (Fsp3) is 0.744. The molecule has 0 N–H and O–H groups in total. The fourth-order valence-electron chi connectivity index (χ4n) is 10.2. The first-order chi connectivity index (χ1) is 43.0. The topological polar surface area (TPSA) is 111 Å². The zero-order valence-corrected chi connectivity index (χ0v) is 58.8. The van der Waals surface area contributed by atoms with Crippen molar-refractivity contribution in [3.05, 3.63) is 109 Å². The first-order valence-corrected chi connectivity index (χ1v) is 38.1. The maximum absolute atomic E-state index is 12.9. The van der Waals surface area contributed by atoms with E-state index in [1.807, 2.05) is 21.1 Å². The Bertz CT molecular complexity index is 1850. The zero-order valence-electron chi connectivity index (χ0n) is 57.9. The van der Waals surface area contributed by atoms with Crippen molar-refractivity contribution in [2.24, 2.45) is 0 Å². The lowest BCUT2D eigenvalue weighted by atomic mass is 10.0. The molecule has 9 nitrogen and oxygen atoms in total. The number of quaternary nitrogens is 1. The van der Waals surface area contributed by atoms with E-state index in [1.165, 1.54) is 199 Å². The highest BCUT2D eigenvalue weighted by Crippen LogP contribution is 2.38. The van der Waals surface area contributed by atoms with E-state index < -0.39 is 26.5 Å². The number of allylic oxidation sites excluding steroid dienone is 18. The Labute approximate surface area is 544 Å². The summed E-state index contributed by atoms with van der Waals surface area (Å²) in [6, 6.07) is 0. The molecule has 0 aromatic heterocycles. The predicted molar refractivity (Wildman–Crippen MR) is 378 cm³/mol. The Hall–Kier alpha value is -3.33. The highest BCUT2D eigenvalue weighted by molar-refractivity contribution is 7.45. The third-order valence-electron chi connectivity index (χ3n) is 15.8. The lowest BCUT2D eigenvalue weighted by Gasteiger charge is -2.28. The lowest BCUT2D eigenvalue weighted by Crippen LogP contribution is -2.37. The first-order valence-electron chi connectivity index (χ1n) is 36.6. The molecule has 0 radical (unpaired) electrons. The van der Waals surface area contributed by atoms with Crippen LogP contribution in [0.1, 0.15) is 322 Å². The van der Waals surface area contributed by atoms with Gasteiger partial charge in [-0.3, -0.25) is 14.2 Å². The second-order valence-corrected chi connectivity index (χ2v) is 27.0. The highest BCUT2D eigenvalue weighted by Gasteiger charge is 2.22. The van der Waals surface area contributed by atoms with E-state index in [4.69, 9.17) is 18.5 Å². The van der Waals surface area contributed by atoms with Crippen LogP contribution in [0.25, 0.3) is 0 Å². The number of likely N-dealkylation sites (N-methyl/N-ethyl adjacent to an activating group) is 1. The smallest absolute Gasteiger partial charge is 0.306 e. The van der Waals surface area contributed by atoms with E-state index in [2.05, 4.69) is 123 Å². The monoisotopic (exact) mass is 1250 g/mol. The van der Waals surface area contributed by atoms with Crippen LogP contribution in [0.5, 0.6) is 0 Å². The van der Waals surface area contributed by atoms with Crippen LogP contribution in [0.4, 0.5) is 0 Å². The molecule has 0 aromatic carbocycles. The van der Waals surface area contributed by atoms with Crippen LogP contribution in [-0.4, -0.2) is 70.0 Å².